The van der Waals surface area contributed by atoms with E-state index in [4.69, 9.17) is 9.47 Å². The van der Waals surface area contributed by atoms with Crippen LogP contribution in [0.15, 0.2) is 60.0 Å². The summed E-state index contributed by atoms with van der Waals surface area (Å²) in [5.74, 6) is 0.495. The Balaban J connectivity index is 1.75. The normalized spacial score (nSPS) is 10.2. The fourth-order valence-electron chi connectivity index (χ4n) is 2.56. The van der Waals surface area contributed by atoms with Crippen molar-refractivity contribution >= 4 is 28.8 Å². The number of rotatable bonds is 7. The van der Waals surface area contributed by atoms with E-state index in [0.29, 0.717) is 34.9 Å². The van der Waals surface area contributed by atoms with E-state index >= 15 is 0 Å². The minimum atomic E-state index is -0.325. The number of thiophene rings is 1. The van der Waals surface area contributed by atoms with Gasteiger partial charge in [0.25, 0.3) is 11.8 Å². The van der Waals surface area contributed by atoms with Crippen LogP contribution in [0.3, 0.4) is 0 Å². The molecule has 3 aromatic rings. The lowest BCUT2D eigenvalue weighted by molar-refractivity contribution is 0.0961. The summed E-state index contributed by atoms with van der Waals surface area (Å²) < 4.78 is 11.0. The summed E-state index contributed by atoms with van der Waals surface area (Å²) in [5, 5.41) is 7.34. The lowest BCUT2D eigenvalue weighted by Crippen LogP contribution is -2.19. The van der Waals surface area contributed by atoms with Crippen molar-refractivity contribution in [3.8, 4) is 11.5 Å². The highest BCUT2D eigenvalue weighted by molar-refractivity contribution is 7.09. The topological polar surface area (TPSA) is 76.7 Å². The van der Waals surface area contributed by atoms with Crippen molar-refractivity contribution in [3.05, 3.63) is 76.0 Å². The zero-order valence-electron chi connectivity index (χ0n) is 15.5. The van der Waals surface area contributed by atoms with Gasteiger partial charge in [0.05, 0.1) is 12.8 Å². The van der Waals surface area contributed by atoms with E-state index < -0.39 is 0 Å². The molecule has 2 N–H and O–H groups in total. The Morgan fingerprint density at radius 1 is 1.00 bits per heavy atom. The quantitative estimate of drug-likeness (QED) is 0.634. The van der Waals surface area contributed by atoms with Crippen LogP contribution in [-0.4, -0.2) is 26.0 Å². The molecule has 0 aliphatic heterocycles. The van der Waals surface area contributed by atoms with Crippen LogP contribution in [0.25, 0.3) is 0 Å². The Labute approximate surface area is 167 Å². The molecule has 0 radical (unpaired) electrons. The first-order chi connectivity index (χ1) is 13.6. The van der Waals surface area contributed by atoms with Crippen molar-refractivity contribution < 1.29 is 19.1 Å². The predicted octanol–water partition coefficient (Wildman–Crippen LogP) is 3.95. The van der Waals surface area contributed by atoms with Crippen LogP contribution < -0.4 is 20.1 Å². The molecule has 0 fully saturated rings. The largest absolute Gasteiger partial charge is 0.495 e. The van der Waals surface area contributed by atoms with Crippen molar-refractivity contribution in [2.45, 2.75) is 6.61 Å². The second-order valence-electron chi connectivity index (χ2n) is 5.84. The fourth-order valence-corrected chi connectivity index (χ4v) is 3.18. The van der Waals surface area contributed by atoms with Crippen LogP contribution in [0.5, 0.6) is 11.5 Å². The van der Waals surface area contributed by atoms with Crippen LogP contribution in [0.2, 0.25) is 0 Å². The number of methoxy groups -OCH3 is 1. The van der Waals surface area contributed by atoms with E-state index in [1.54, 1.807) is 60.8 Å². The monoisotopic (exact) mass is 396 g/mol. The minimum absolute atomic E-state index is 0.248. The summed E-state index contributed by atoms with van der Waals surface area (Å²) in [5.41, 5.74) is 1.28. The molecule has 1 heterocycles. The summed E-state index contributed by atoms with van der Waals surface area (Å²) in [6.45, 7) is 0.449. The van der Waals surface area contributed by atoms with Gasteiger partial charge in [0.15, 0.2) is 0 Å². The van der Waals surface area contributed by atoms with E-state index in [2.05, 4.69) is 10.6 Å². The van der Waals surface area contributed by atoms with Crippen molar-refractivity contribution in [2.75, 3.05) is 19.5 Å². The third-order valence-corrected chi connectivity index (χ3v) is 4.84. The fraction of sp³-hybridized carbons (Fsp3) is 0.143. The first-order valence-electron chi connectivity index (χ1n) is 8.57. The van der Waals surface area contributed by atoms with Gasteiger partial charge < -0.3 is 20.1 Å². The van der Waals surface area contributed by atoms with E-state index in [1.165, 1.54) is 7.11 Å². The van der Waals surface area contributed by atoms with E-state index in [0.717, 1.165) is 4.88 Å². The molecule has 0 unspecified atom stereocenters. The highest BCUT2D eigenvalue weighted by Gasteiger charge is 2.13. The summed E-state index contributed by atoms with van der Waals surface area (Å²) >= 11 is 1.61. The molecule has 6 nitrogen and oxygen atoms in total. The predicted molar refractivity (Wildman–Crippen MR) is 109 cm³/mol. The highest BCUT2D eigenvalue weighted by Crippen LogP contribution is 2.26. The molecule has 0 atom stereocenters. The molecule has 0 spiro atoms. The molecule has 0 aliphatic rings. The number of nitrogens with one attached hydrogen (secondary N) is 2. The van der Waals surface area contributed by atoms with Crippen LogP contribution in [0.4, 0.5) is 5.69 Å². The Bertz CT molecular complexity index is 970. The van der Waals surface area contributed by atoms with Gasteiger partial charge in [0.2, 0.25) is 0 Å². The van der Waals surface area contributed by atoms with Gasteiger partial charge in [-0.1, -0.05) is 12.1 Å². The van der Waals surface area contributed by atoms with Gasteiger partial charge in [-0.3, -0.25) is 9.59 Å². The molecule has 2 aromatic carbocycles. The maximum Gasteiger partial charge on any atom is 0.255 e. The van der Waals surface area contributed by atoms with Crippen LogP contribution >= 0.6 is 11.3 Å². The third kappa shape index (κ3) is 4.69. The van der Waals surface area contributed by atoms with Crippen molar-refractivity contribution in [3.63, 3.8) is 0 Å². The van der Waals surface area contributed by atoms with E-state index in [-0.39, 0.29) is 11.8 Å². The summed E-state index contributed by atoms with van der Waals surface area (Å²) in [6.07, 6.45) is 0. The lowest BCUT2D eigenvalue weighted by atomic mass is 10.1. The van der Waals surface area contributed by atoms with Crippen LogP contribution in [-0.2, 0) is 6.61 Å². The number of carbonyl (C=O) groups is 2. The number of carbonyl (C=O) groups excluding carboxylic acids is 2. The molecule has 0 bridgehead atoms. The summed E-state index contributed by atoms with van der Waals surface area (Å²) in [4.78, 5) is 25.7. The van der Waals surface area contributed by atoms with Crippen LogP contribution in [0, 0.1) is 0 Å². The average molecular weight is 396 g/mol. The first-order valence-corrected chi connectivity index (χ1v) is 9.45. The summed E-state index contributed by atoms with van der Waals surface area (Å²) in [7, 11) is 3.05. The maximum atomic E-state index is 12.7. The van der Waals surface area contributed by atoms with Crippen LogP contribution in [0.1, 0.15) is 25.6 Å². The van der Waals surface area contributed by atoms with Gasteiger partial charge in [-0.25, -0.2) is 0 Å². The molecule has 144 valence electrons. The number of ether oxygens (including phenoxy) is 2. The van der Waals surface area contributed by atoms with E-state index in [9.17, 15) is 9.59 Å². The van der Waals surface area contributed by atoms with Gasteiger partial charge >= 0.3 is 0 Å². The van der Waals surface area contributed by atoms with Gasteiger partial charge in [0.1, 0.15) is 18.1 Å². The Hall–Kier alpha value is -3.32. The molecule has 3 rings (SSSR count). The number of amides is 2. The molecule has 28 heavy (non-hydrogen) atoms. The number of benzene rings is 2. The van der Waals surface area contributed by atoms with Crippen molar-refractivity contribution in [1.29, 1.82) is 0 Å². The second-order valence-corrected chi connectivity index (χ2v) is 6.88. The molecule has 1 aromatic heterocycles. The number of anilines is 1. The SMILES string of the molecule is CNC(=O)c1ccc(OC)c(NC(=O)c2cccc(OCc3cccs3)c2)c1. The van der Waals surface area contributed by atoms with Crippen molar-refractivity contribution in [1.82, 2.24) is 5.32 Å². The third-order valence-electron chi connectivity index (χ3n) is 3.99. The first kappa shape index (κ1) is 19.4. The minimum Gasteiger partial charge on any atom is -0.495 e. The Morgan fingerprint density at radius 2 is 1.82 bits per heavy atom. The standard InChI is InChI=1S/C21H20N2O4S/c1-22-20(24)15-8-9-19(26-2)18(12-15)23-21(25)14-5-3-6-16(11-14)27-13-17-7-4-10-28-17/h3-12H,13H2,1-2H3,(H,22,24)(H,23,25). The van der Waals surface area contributed by atoms with E-state index in [1.807, 2.05) is 17.5 Å². The Morgan fingerprint density at radius 3 is 2.54 bits per heavy atom. The molecule has 0 saturated heterocycles. The molecule has 0 aliphatic carbocycles. The average Bonchev–Trinajstić information content (AvgIpc) is 3.25. The zero-order chi connectivity index (χ0) is 19.9. The molecule has 0 saturated carbocycles. The second kappa shape index (κ2) is 9.05. The van der Waals surface area contributed by atoms with Gasteiger partial charge in [0, 0.05) is 23.1 Å². The number of hydrogen-bond acceptors (Lipinski definition) is 5. The maximum absolute atomic E-state index is 12.7. The molecular weight excluding hydrogens is 376 g/mol. The lowest BCUT2D eigenvalue weighted by Gasteiger charge is -2.12. The molecular formula is C21H20N2O4S. The van der Waals surface area contributed by atoms with Gasteiger partial charge in [-0.2, -0.15) is 0 Å². The molecule has 7 heteroatoms. The highest BCUT2D eigenvalue weighted by atomic mass is 32.1. The van der Waals surface area contributed by atoms with Crippen molar-refractivity contribution in [2.24, 2.45) is 0 Å². The Kier molecular flexibility index (Phi) is 6.29. The zero-order valence-corrected chi connectivity index (χ0v) is 16.3. The summed E-state index contributed by atoms with van der Waals surface area (Å²) in [6, 6.07) is 15.7. The molecule has 2 amide bonds. The smallest absolute Gasteiger partial charge is 0.255 e. The van der Waals surface area contributed by atoms with Gasteiger partial charge in [-0.05, 0) is 47.8 Å². The van der Waals surface area contributed by atoms with Gasteiger partial charge in [-0.15, -0.1) is 11.3 Å². The number of hydrogen-bond donors (Lipinski definition) is 2.